The van der Waals surface area contributed by atoms with Crippen molar-refractivity contribution in [1.82, 2.24) is 0 Å². The number of esters is 1. The number of carbonyl (C=O) groups excluding carboxylic acids is 1. The second kappa shape index (κ2) is 5.31. The Bertz CT molecular complexity index is 238. The Kier molecular flexibility index (Phi) is 4.33. The van der Waals surface area contributed by atoms with E-state index in [1.54, 1.807) is 0 Å². The van der Waals surface area contributed by atoms with Crippen molar-refractivity contribution in [3.05, 3.63) is 12.2 Å². The fraction of sp³-hybridized carbons (Fsp3) is 0.750. The number of rotatable bonds is 6. The molecule has 1 N–H and O–H groups in total. The summed E-state index contributed by atoms with van der Waals surface area (Å²) in [6.45, 7) is 3.66. The van der Waals surface area contributed by atoms with Gasteiger partial charge in [-0.3, -0.25) is 0 Å². The summed E-state index contributed by atoms with van der Waals surface area (Å²) < 4.78 is 5.01. The number of ether oxygens (including phenoxy) is 1. The predicted molar refractivity (Wildman–Crippen MR) is 58.4 cm³/mol. The molecule has 1 heterocycles. The Labute approximate surface area is 91.1 Å². The summed E-state index contributed by atoms with van der Waals surface area (Å²) in [6.07, 6.45) is 8.15. The molecule has 0 saturated heterocycles. The number of aliphatic hydroxyl groups is 1. The Morgan fingerprint density at radius 3 is 2.67 bits per heavy atom. The third kappa shape index (κ3) is 5.57. The zero-order valence-corrected chi connectivity index (χ0v) is 9.53. The van der Waals surface area contributed by atoms with Crippen molar-refractivity contribution >= 4 is 5.97 Å². The quantitative estimate of drug-likeness (QED) is 0.542. The maximum Gasteiger partial charge on any atom is 0.331 e. The topological polar surface area (TPSA) is 46.5 Å². The molecule has 0 amide bonds. The van der Waals surface area contributed by atoms with E-state index in [0.717, 1.165) is 32.1 Å². The van der Waals surface area contributed by atoms with Gasteiger partial charge in [-0.05, 0) is 39.2 Å². The minimum atomic E-state index is -0.556. The first kappa shape index (κ1) is 12.2. The summed E-state index contributed by atoms with van der Waals surface area (Å²) >= 11 is 0. The summed E-state index contributed by atoms with van der Waals surface area (Å²) in [5.41, 5.74) is -0.556. The van der Waals surface area contributed by atoms with Gasteiger partial charge in [-0.1, -0.05) is 12.8 Å². The van der Waals surface area contributed by atoms with Crippen LogP contribution in [0.15, 0.2) is 12.2 Å². The van der Waals surface area contributed by atoms with Gasteiger partial charge in [-0.15, -0.1) is 0 Å². The fourth-order valence-electron chi connectivity index (χ4n) is 1.65. The molecule has 1 atom stereocenters. The second-order valence-corrected chi connectivity index (χ2v) is 4.75. The Morgan fingerprint density at radius 2 is 2.13 bits per heavy atom. The molecule has 0 saturated carbocycles. The van der Waals surface area contributed by atoms with Crippen LogP contribution in [0.4, 0.5) is 0 Å². The molecular weight excluding hydrogens is 192 g/mol. The van der Waals surface area contributed by atoms with Crippen molar-refractivity contribution in [2.75, 3.05) is 0 Å². The maximum absolute atomic E-state index is 10.7. The highest BCUT2D eigenvalue weighted by molar-refractivity contribution is 5.84. The predicted octanol–water partition coefficient (Wildman–Crippen LogP) is 2.19. The van der Waals surface area contributed by atoms with E-state index >= 15 is 0 Å². The van der Waals surface area contributed by atoms with E-state index < -0.39 is 5.60 Å². The van der Waals surface area contributed by atoms with Crippen LogP contribution in [0.2, 0.25) is 0 Å². The van der Waals surface area contributed by atoms with Crippen molar-refractivity contribution < 1.29 is 14.6 Å². The first-order chi connectivity index (χ1) is 6.97. The van der Waals surface area contributed by atoms with E-state index in [1.807, 2.05) is 19.9 Å². The molecule has 86 valence electrons. The Balaban J connectivity index is 1.98. The number of hydrogen-bond donors (Lipinski definition) is 1. The van der Waals surface area contributed by atoms with Gasteiger partial charge in [0.05, 0.1) is 5.60 Å². The van der Waals surface area contributed by atoms with Crippen molar-refractivity contribution in [1.29, 1.82) is 0 Å². The van der Waals surface area contributed by atoms with E-state index in [1.165, 1.54) is 6.08 Å². The zero-order chi connectivity index (χ0) is 11.3. The third-order valence-corrected chi connectivity index (χ3v) is 2.49. The number of hydrogen-bond acceptors (Lipinski definition) is 3. The number of cyclic esters (lactones) is 1. The van der Waals surface area contributed by atoms with Crippen LogP contribution in [-0.2, 0) is 9.53 Å². The van der Waals surface area contributed by atoms with E-state index in [-0.39, 0.29) is 12.1 Å². The van der Waals surface area contributed by atoms with Crippen LogP contribution in [0.5, 0.6) is 0 Å². The largest absolute Gasteiger partial charge is 0.455 e. The summed E-state index contributed by atoms with van der Waals surface area (Å²) in [6, 6.07) is 0. The highest BCUT2D eigenvalue weighted by Gasteiger charge is 2.16. The van der Waals surface area contributed by atoms with E-state index in [2.05, 4.69) is 0 Å². The molecule has 0 aliphatic carbocycles. The summed E-state index contributed by atoms with van der Waals surface area (Å²) in [7, 11) is 0. The molecule has 0 spiro atoms. The molecule has 0 bridgehead atoms. The Hall–Kier alpha value is -0.830. The first-order valence-electron chi connectivity index (χ1n) is 5.58. The summed E-state index contributed by atoms with van der Waals surface area (Å²) in [4.78, 5) is 10.7. The third-order valence-electron chi connectivity index (χ3n) is 2.49. The molecule has 1 rings (SSSR count). The first-order valence-corrected chi connectivity index (χ1v) is 5.58. The highest BCUT2D eigenvalue weighted by atomic mass is 16.5. The van der Waals surface area contributed by atoms with Crippen molar-refractivity contribution in [3.8, 4) is 0 Å². The lowest BCUT2D eigenvalue weighted by molar-refractivity contribution is -0.138. The smallest absolute Gasteiger partial charge is 0.331 e. The zero-order valence-electron chi connectivity index (χ0n) is 9.53. The molecular formula is C12H20O3. The van der Waals surface area contributed by atoms with Crippen LogP contribution < -0.4 is 0 Å². The van der Waals surface area contributed by atoms with Gasteiger partial charge in [0.1, 0.15) is 6.10 Å². The van der Waals surface area contributed by atoms with Crippen LogP contribution in [-0.4, -0.2) is 22.8 Å². The second-order valence-electron chi connectivity index (χ2n) is 4.75. The van der Waals surface area contributed by atoms with Crippen molar-refractivity contribution in [2.45, 2.75) is 57.7 Å². The molecule has 1 aliphatic rings. The molecule has 15 heavy (non-hydrogen) atoms. The maximum atomic E-state index is 10.7. The normalized spacial score (nSPS) is 20.7. The van der Waals surface area contributed by atoms with Crippen LogP contribution in [0, 0.1) is 0 Å². The van der Waals surface area contributed by atoms with Crippen molar-refractivity contribution in [2.24, 2.45) is 0 Å². The minimum Gasteiger partial charge on any atom is -0.455 e. The molecule has 0 aromatic rings. The average Bonchev–Trinajstić information content (AvgIpc) is 2.49. The van der Waals surface area contributed by atoms with Crippen LogP contribution in [0.3, 0.4) is 0 Å². The fourth-order valence-corrected chi connectivity index (χ4v) is 1.65. The molecule has 0 aromatic carbocycles. The SMILES string of the molecule is CC(C)(O)CCCCC[C@@H]1C=CC(=O)O1. The number of unbranched alkanes of at least 4 members (excludes halogenated alkanes) is 2. The van der Waals surface area contributed by atoms with E-state index in [4.69, 9.17) is 4.74 Å². The van der Waals surface area contributed by atoms with Gasteiger partial charge >= 0.3 is 5.97 Å². The molecule has 0 unspecified atom stereocenters. The van der Waals surface area contributed by atoms with Gasteiger partial charge in [-0.25, -0.2) is 4.79 Å². The summed E-state index contributed by atoms with van der Waals surface area (Å²) in [5.74, 6) is -0.225. The lowest BCUT2D eigenvalue weighted by Gasteiger charge is -2.16. The lowest BCUT2D eigenvalue weighted by atomic mass is 10.00. The standard InChI is InChI=1S/C12H20O3/c1-12(2,14)9-5-3-4-6-10-7-8-11(13)15-10/h7-8,10,14H,3-6,9H2,1-2H3/t10-/m1/s1. The van der Waals surface area contributed by atoms with Crippen molar-refractivity contribution in [3.63, 3.8) is 0 Å². The van der Waals surface area contributed by atoms with Gasteiger partial charge < -0.3 is 9.84 Å². The van der Waals surface area contributed by atoms with Gasteiger partial charge in [-0.2, -0.15) is 0 Å². The molecule has 0 radical (unpaired) electrons. The van der Waals surface area contributed by atoms with E-state index in [9.17, 15) is 9.90 Å². The van der Waals surface area contributed by atoms with Gasteiger partial charge in [0.2, 0.25) is 0 Å². The van der Waals surface area contributed by atoms with Gasteiger partial charge in [0.25, 0.3) is 0 Å². The Morgan fingerprint density at radius 1 is 1.40 bits per heavy atom. The van der Waals surface area contributed by atoms with Gasteiger partial charge in [0, 0.05) is 6.08 Å². The number of carbonyl (C=O) groups is 1. The van der Waals surface area contributed by atoms with Crippen LogP contribution >= 0.6 is 0 Å². The molecule has 0 aromatic heterocycles. The van der Waals surface area contributed by atoms with E-state index in [0.29, 0.717) is 0 Å². The molecule has 3 nitrogen and oxygen atoms in total. The monoisotopic (exact) mass is 212 g/mol. The van der Waals surface area contributed by atoms with Crippen LogP contribution in [0.1, 0.15) is 46.0 Å². The summed E-state index contributed by atoms with van der Waals surface area (Å²) in [5, 5.41) is 9.48. The average molecular weight is 212 g/mol. The molecule has 0 fully saturated rings. The molecule has 1 aliphatic heterocycles. The van der Waals surface area contributed by atoms with Gasteiger partial charge in [0.15, 0.2) is 0 Å². The highest BCUT2D eigenvalue weighted by Crippen LogP contribution is 2.17. The minimum absolute atomic E-state index is 0.0142. The van der Waals surface area contributed by atoms with Crippen LogP contribution in [0.25, 0.3) is 0 Å². The lowest BCUT2D eigenvalue weighted by Crippen LogP contribution is -2.17. The molecule has 3 heteroatoms.